The molecule has 0 saturated carbocycles. The quantitative estimate of drug-likeness (QED) is 0.604. The van der Waals surface area contributed by atoms with Gasteiger partial charge in [0.1, 0.15) is 11.6 Å². The van der Waals surface area contributed by atoms with E-state index in [0.717, 1.165) is 17.8 Å². The summed E-state index contributed by atoms with van der Waals surface area (Å²) in [6.45, 7) is 2.14. The second-order valence-electron chi connectivity index (χ2n) is 5.59. The number of methoxy groups -OCH3 is 1. The summed E-state index contributed by atoms with van der Waals surface area (Å²) in [5.41, 5.74) is 6.75. The predicted molar refractivity (Wildman–Crippen MR) is 101 cm³/mol. The molecule has 0 unspecified atom stereocenters. The van der Waals surface area contributed by atoms with E-state index in [1.807, 2.05) is 0 Å². The van der Waals surface area contributed by atoms with Crippen LogP contribution in [0.2, 0.25) is 0 Å². The molecule has 0 fully saturated rings. The predicted octanol–water partition coefficient (Wildman–Crippen LogP) is 2.85. The molecule has 3 rings (SSSR count). The Kier molecular flexibility index (Phi) is 5.73. The van der Waals surface area contributed by atoms with Crippen molar-refractivity contribution < 1.29 is 13.9 Å². The van der Waals surface area contributed by atoms with Gasteiger partial charge in [-0.25, -0.2) is 9.37 Å². The number of nitrogen functional groups attached to an aromatic ring is 1. The van der Waals surface area contributed by atoms with E-state index < -0.39 is 11.7 Å². The Morgan fingerprint density at radius 3 is 2.89 bits per heavy atom. The number of carbonyl (C=O) groups is 1. The molecule has 0 aliphatic carbocycles. The lowest BCUT2D eigenvalue weighted by Gasteiger charge is -2.09. The third-order valence-corrected chi connectivity index (χ3v) is 5.54. The number of nitrogens with zero attached hydrogens (tertiary/aromatic N) is 4. The average Bonchev–Trinajstić information content (AvgIpc) is 3.18. The van der Waals surface area contributed by atoms with Crippen molar-refractivity contribution in [3.63, 3.8) is 0 Å². The van der Waals surface area contributed by atoms with E-state index in [4.69, 9.17) is 10.5 Å². The van der Waals surface area contributed by atoms with Crippen molar-refractivity contribution in [1.29, 1.82) is 0 Å². The number of anilines is 2. The van der Waals surface area contributed by atoms with Crippen molar-refractivity contribution in [2.45, 2.75) is 23.6 Å². The molecule has 1 amide bonds. The maximum atomic E-state index is 14.3. The van der Waals surface area contributed by atoms with Crippen LogP contribution in [-0.2, 0) is 18.4 Å². The van der Waals surface area contributed by atoms with Gasteiger partial charge in [-0.1, -0.05) is 0 Å². The van der Waals surface area contributed by atoms with Gasteiger partial charge in [0.05, 0.1) is 22.8 Å². The molecule has 1 aromatic carbocycles. The van der Waals surface area contributed by atoms with Crippen LogP contribution in [0.4, 0.5) is 15.2 Å². The largest absolute Gasteiger partial charge is 0.398 e. The van der Waals surface area contributed by atoms with Gasteiger partial charge >= 0.3 is 0 Å². The molecule has 2 heterocycles. The van der Waals surface area contributed by atoms with E-state index in [1.54, 1.807) is 31.0 Å². The molecule has 3 aromatic rings. The summed E-state index contributed by atoms with van der Waals surface area (Å²) in [7, 11) is 3.34. The smallest absolute Gasteiger partial charge is 0.259 e. The third kappa shape index (κ3) is 4.26. The number of nitrogens with two attached hydrogens (primary N) is 1. The number of benzene rings is 1. The van der Waals surface area contributed by atoms with Gasteiger partial charge in [0.2, 0.25) is 0 Å². The molecular weight excluding hydrogens is 391 g/mol. The topological polar surface area (TPSA) is 108 Å². The van der Waals surface area contributed by atoms with Crippen molar-refractivity contribution in [3.8, 4) is 0 Å². The van der Waals surface area contributed by atoms with Gasteiger partial charge in [-0.05, 0) is 30.8 Å². The van der Waals surface area contributed by atoms with Crippen LogP contribution in [0.1, 0.15) is 21.9 Å². The van der Waals surface area contributed by atoms with E-state index in [9.17, 15) is 9.18 Å². The van der Waals surface area contributed by atoms with Gasteiger partial charge in [0, 0.05) is 25.2 Å². The Morgan fingerprint density at radius 1 is 1.44 bits per heavy atom. The van der Waals surface area contributed by atoms with Gasteiger partial charge in [-0.2, -0.15) is 0 Å². The van der Waals surface area contributed by atoms with Crippen LogP contribution in [0.25, 0.3) is 0 Å². The summed E-state index contributed by atoms with van der Waals surface area (Å²) >= 11 is 2.34. The van der Waals surface area contributed by atoms with Crippen LogP contribution in [-0.4, -0.2) is 32.8 Å². The third-order valence-electron chi connectivity index (χ3n) is 3.67. The molecular formula is C16H17FN6O2S2. The average molecular weight is 408 g/mol. The second kappa shape index (κ2) is 8.03. The summed E-state index contributed by atoms with van der Waals surface area (Å²) < 4.78 is 21.0. The van der Waals surface area contributed by atoms with Crippen molar-refractivity contribution in [1.82, 2.24) is 19.7 Å². The number of aromatic nitrogens is 4. The Hall–Kier alpha value is -2.50. The Morgan fingerprint density at radius 2 is 2.22 bits per heavy atom. The van der Waals surface area contributed by atoms with Crippen LogP contribution < -0.4 is 11.1 Å². The lowest BCUT2D eigenvalue weighted by Crippen LogP contribution is -2.14. The molecule has 0 saturated heterocycles. The number of amides is 1. The number of hydrogen-bond acceptors (Lipinski definition) is 8. The zero-order valence-electron chi connectivity index (χ0n) is 14.8. The highest BCUT2D eigenvalue weighted by molar-refractivity contribution is 7.99. The number of hydrogen-bond donors (Lipinski definition) is 2. The maximum Gasteiger partial charge on any atom is 0.259 e. The lowest BCUT2D eigenvalue weighted by atomic mass is 10.1. The first-order valence-electron chi connectivity index (χ1n) is 7.76. The summed E-state index contributed by atoms with van der Waals surface area (Å²) in [5.74, 6) is -0.310. The van der Waals surface area contributed by atoms with Crippen LogP contribution >= 0.6 is 23.1 Å². The molecule has 0 spiro atoms. The van der Waals surface area contributed by atoms with E-state index in [-0.39, 0.29) is 16.1 Å². The monoisotopic (exact) mass is 408 g/mol. The van der Waals surface area contributed by atoms with Crippen molar-refractivity contribution in [2.75, 3.05) is 18.2 Å². The van der Waals surface area contributed by atoms with Gasteiger partial charge in [-0.15, -0.1) is 21.5 Å². The standard InChI is InChI=1S/C16H17FN6O2S2/c1-8-21-22-16(23(8)2)27-13-4-10(12(18)5-11(13)17)14(24)20-15-19-9(6-25-3)7-26-15/h4-5,7H,6,18H2,1-3H3,(H,19,20,24). The number of thiazole rings is 1. The van der Waals surface area contributed by atoms with E-state index in [1.165, 1.54) is 17.4 Å². The van der Waals surface area contributed by atoms with E-state index >= 15 is 0 Å². The molecule has 2 aromatic heterocycles. The molecule has 3 N–H and O–H groups in total. The second-order valence-corrected chi connectivity index (χ2v) is 7.46. The highest BCUT2D eigenvalue weighted by Gasteiger charge is 2.18. The SMILES string of the molecule is COCc1csc(NC(=O)c2cc(Sc3nnc(C)n3C)c(F)cc2N)n1. The molecule has 11 heteroatoms. The van der Waals surface area contributed by atoms with Gasteiger partial charge in [0.15, 0.2) is 10.3 Å². The van der Waals surface area contributed by atoms with Crippen LogP contribution in [0.5, 0.6) is 0 Å². The zero-order valence-corrected chi connectivity index (χ0v) is 16.4. The normalized spacial score (nSPS) is 11.0. The highest BCUT2D eigenvalue weighted by Crippen LogP contribution is 2.32. The Bertz CT molecular complexity index is 987. The minimum absolute atomic E-state index is 0.0390. The zero-order chi connectivity index (χ0) is 19.6. The summed E-state index contributed by atoms with van der Waals surface area (Å²) in [5, 5.41) is 13.3. The van der Waals surface area contributed by atoms with Crippen molar-refractivity contribution in [3.05, 3.63) is 40.4 Å². The molecule has 142 valence electrons. The van der Waals surface area contributed by atoms with E-state index in [0.29, 0.717) is 28.4 Å². The first kappa shape index (κ1) is 19.3. The van der Waals surface area contributed by atoms with Crippen molar-refractivity contribution >= 4 is 39.8 Å². The van der Waals surface area contributed by atoms with Gasteiger partial charge < -0.3 is 15.0 Å². The summed E-state index contributed by atoms with van der Waals surface area (Å²) in [4.78, 5) is 17.0. The number of ether oxygens (including phenoxy) is 1. The Labute approximate surface area is 163 Å². The first-order valence-corrected chi connectivity index (χ1v) is 9.46. The number of nitrogens with one attached hydrogen (secondary N) is 1. The molecule has 0 bridgehead atoms. The molecule has 27 heavy (non-hydrogen) atoms. The number of halogens is 1. The minimum Gasteiger partial charge on any atom is -0.398 e. The fourth-order valence-corrected chi connectivity index (χ4v) is 3.73. The molecule has 0 aliphatic rings. The minimum atomic E-state index is -0.536. The molecule has 0 aliphatic heterocycles. The fourth-order valence-electron chi connectivity index (χ4n) is 2.16. The molecule has 0 atom stereocenters. The molecule has 8 nitrogen and oxygen atoms in total. The van der Waals surface area contributed by atoms with Crippen molar-refractivity contribution in [2.24, 2.45) is 7.05 Å². The Balaban J connectivity index is 1.83. The fraction of sp³-hybridized carbons (Fsp3) is 0.250. The first-order chi connectivity index (χ1) is 12.9. The van der Waals surface area contributed by atoms with Crippen LogP contribution in [0, 0.1) is 12.7 Å². The number of carbonyl (C=O) groups excluding carboxylic acids is 1. The summed E-state index contributed by atoms with van der Waals surface area (Å²) in [6, 6.07) is 2.52. The lowest BCUT2D eigenvalue weighted by molar-refractivity contribution is 0.102. The summed E-state index contributed by atoms with van der Waals surface area (Å²) in [6.07, 6.45) is 0. The highest BCUT2D eigenvalue weighted by atomic mass is 32.2. The van der Waals surface area contributed by atoms with Gasteiger partial charge in [0.25, 0.3) is 5.91 Å². The number of rotatable bonds is 6. The van der Waals surface area contributed by atoms with Crippen LogP contribution in [0.3, 0.4) is 0 Å². The maximum absolute atomic E-state index is 14.3. The van der Waals surface area contributed by atoms with Crippen LogP contribution in [0.15, 0.2) is 27.6 Å². The van der Waals surface area contributed by atoms with E-state index in [2.05, 4.69) is 20.5 Å². The van der Waals surface area contributed by atoms with Gasteiger partial charge in [-0.3, -0.25) is 10.1 Å². The number of aryl methyl sites for hydroxylation is 1. The molecule has 0 radical (unpaired) electrons.